The van der Waals surface area contributed by atoms with Gasteiger partial charge in [0, 0.05) is 26.3 Å². The number of nitrogens with one attached hydrogen (secondary N) is 1. The first-order valence-electron chi connectivity index (χ1n) is 8.92. The molecule has 1 fully saturated rings. The fourth-order valence-corrected chi connectivity index (χ4v) is 3.90. The summed E-state index contributed by atoms with van der Waals surface area (Å²) in [5.74, 6) is -0.654. The Morgan fingerprint density at radius 1 is 1.07 bits per heavy atom. The summed E-state index contributed by atoms with van der Waals surface area (Å²) in [5.41, 5.74) is 2.65. The summed E-state index contributed by atoms with van der Waals surface area (Å²) in [7, 11) is 0. The molecule has 0 spiro atoms. The van der Waals surface area contributed by atoms with Crippen LogP contribution >= 0.6 is 0 Å². The van der Waals surface area contributed by atoms with Gasteiger partial charge in [-0.1, -0.05) is 36.4 Å². The molecule has 1 aliphatic rings. The molecule has 2 N–H and O–H groups in total. The lowest BCUT2D eigenvalue weighted by Gasteiger charge is -2.54. The van der Waals surface area contributed by atoms with Crippen molar-refractivity contribution in [3.63, 3.8) is 0 Å². The van der Waals surface area contributed by atoms with Crippen LogP contribution in [0.3, 0.4) is 0 Å². The Balaban J connectivity index is 1.85. The van der Waals surface area contributed by atoms with Crippen molar-refractivity contribution in [2.45, 2.75) is 31.8 Å². The fraction of sp³-hybridized carbons (Fsp3) is 0.333. The number of benzene rings is 2. The third-order valence-electron chi connectivity index (χ3n) is 5.11. The van der Waals surface area contributed by atoms with Crippen molar-refractivity contribution in [1.29, 1.82) is 0 Å². The van der Waals surface area contributed by atoms with Crippen LogP contribution in [0.1, 0.15) is 25.3 Å². The quantitative estimate of drug-likeness (QED) is 0.849. The maximum Gasteiger partial charge on any atom is 0.220 e. The van der Waals surface area contributed by atoms with Gasteiger partial charge in [0.2, 0.25) is 11.8 Å². The molecule has 6 heteroatoms. The zero-order valence-electron chi connectivity index (χ0n) is 15.4. The Morgan fingerprint density at radius 3 is 2.33 bits per heavy atom. The number of hydrogen-bond donors (Lipinski definition) is 2. The van der Waals surface area contributed by atoms with E-state index in [-0.39, 0.29) is 42.2 Å². The number of halogens is 1. The summed E-state index contributed by atoms with van der Waals surface area (Å²) in [6.45, 7) is 3.09. The molecule has 0 radical (unpaired) electrons. The van der Waals surface area contributed by atoms with Gasteiger partial charge >= 0.3 is 0 Å². The van der Waals surface area contributed by atoms with Crippen molar-refractivity contribution in [2.24, 2.45) is 0 Å². The van der Waals surface area contributed by atoms with E-state index in [0.29, 0.717) is 6.54 Å². The maximum absolute atomic E-state index is 13.4. The number of aliphatic hydroxyl groups excluding tert-OH is 1. The highest BCUT2D eigenvalue weighted by molar-refractivity contribution is 5.77. The number of aliphatic hydroxyl groups is 1. The van der Waals surface area contributed by atoms with E-state index in [1.54, 1.807) is 11.0 Å². The zero-order valence-corrected chi connectivity index (χ0v) is 15.4. The molecule has 27 heavy (non-hydrogen) atoms. The van der Waals surface area contributed by atoms with Crippen LogP contribution in [0.25, 0.3) is 11.1 Å². The van der Waals surface area contributed by atoms with Gasteiger partial charge in [-0.2, -0.15) is 0 Å². The van der Waals surface area contributed by atoms with Crippen molar-refractivity contribution in [1.82, 2.24) is 10.2 Å². The predicted molar refractivity (Wildman–Crippen MR) is 100 cm³/mol. The summed E-state index contributed by atoms with van der Waals surface area (Å²) in [6.07, 6.45) is 0. The lowest BCUT2D eigenvalue weighted by atomic mass is 9.74. The lowest BCUT2D eigenvalue weighted by Crippen LogP contribution is -2.68. The van der Waals surface area contributed by atoms with Gasteiger partial charge in [0.25, 0.3) is 0 Å². The topological polar surface area (TPSA) is 69.6 Å². The Bertz CT molecular complexity index is 838. The second-order valence-corrected chi connectivity index (χ2v) is 6.84. The minimum absolute atomic E-state index is 0.0766. The van der Waals surface area contributed by atoms with Gasteiger partial charge in [-0.05, 0) is 28.8 Å². The van der Waals surface area contributed by atoms with E-state index >= 15 is 0 Å². The molecule has 2 amide bonds. The number of carbonyl (C=O) groups excluding carboxylic acids is 2. The first-order valence-corrected chi connectivity index (χ1v) is 8.92. The van der Waals surface area contributed by atoms with E-state index < -0.39 is 0 Å². The first-order chi connectivity index (χ1) is 12.9. The molecule has 2 aromatic carbocycles. The van der Waals surface area contributed by atoms with Crippen LogP contribution in [0.4, 0.5) is 4.39 Å². The first kappa shape index (κ1) is 19.0. The third-order valence-corrected chi connectivity index (χ3v) is 5.11. The number of nitrogens with zero attached hydrogens (tertiary/aromatic N) is 1. The summed E-state index contributed by atoms with van der Waals surface area (Å²) >= 11 is 0. The molecule has 0 unspecified atom stereocenters. The van der Waals surface area contributed by atoms with Crippen LogP contribution in [0, 0.1) is 5.82 Å². The zero-order chi connectivity index (χ0) is 19.6. The molecular formula is C21H23FN2O3. The Labute approximate surface area is 157 Å². The van der Waals surface area contributed by atoms with E-state index in [1.165, 1.54) is 26.0 Å². The lowest BCUT2D eigenvalue weighted by molar-refractivity contribution is -0.148. The standard InChI is InChI=1S/C21H23FN2O3/c1-13(26)23-11-19-21(20(12-25)24(19)14(2)27)16-8-6-15(7-9-16)17-4-3-5-18(22)10-17/h3-10,19-21,25H,11-12H2,1-2H3,(H,23,26)/t19-,20+,21+/m1/s1. The van der Waals surface area contributed by atoms with Gasteiger partial charge in [0.05, 0.1) is 18.7 Å². The normalized spacial score (nSPS) is 21.5. The van der Waals surface area contributed by atoms with E-state index in [2.05, 4.69) is 5.32 Å². The van der Waals surface area contributed by atoms with Crippen molar-refractivity contribution < 1.29 is 19.1 Å². The fourth-order valence-electron chi connectivity index (χ4n) is 3.90. The van der Waals surface area contributed by atoms with Crippen LogP contribution < -0.4 is 5.32 Å². The highest BCUT2D eigenvalue weighted by Crippen LogP contribution is 2.41. The second-order valence-electron chi connectivity index (χ2n) is 6.84. The van der Waals surface area contributed by atoms with Crippen LogP contribution in [-0.2, 0) is 9.59 Å². The number of hydrogen-bond acceptors (Lipinski definition) is 3. The average molecular weight is 370 g/mol. The number of likely N-dealkylation sites (tertiary alicyclic amines) is 1. The molecule has 142 valence electrons. The van der Waals surface area contributed by atoms with Crippen LogP contribution in [0.5, 0.6) is 0 Å². The number of amides is 2. The van der Waals surface area contributed by atoms with E-state index in [4.69, 9.17) is 0 Å². The summed E-state index contributed by atoms with van der Waals surface area (Å²) in [6, 6.07) is 13.6. The number of rotatable bonds is 5. The SMILES string of the molecule is CC(=O)NC[C@@H]1[C@H](c2ccc(-c3cccc(F)c3)cc2)[C@H](CO)N1C(C)=O. The molecule has 3 rings (SSSR count). The largest absolute Gasteiger partial charge is 0.394 e. The van der Waals surface area contributed by atoms with E-state index in [9.17, 15) is 19.1 Å². The minimum atomic E-state index is -0.318. The molecule has 0 aliphatic carbocycles. The van der Waals surface area contributed by atoms with Crippen molar-refractivity contribution in [3.05, 3.63) is 59.9 Å². The van der Waals surface area contributed by atoms with Crippen LogP contribution in [0.15, 0.2) is 48.5 Å². The Morgan fingerprint density at radius 2 is 1.78 bits per heavy atom. The van der Waals surface area contributed by atoms with Gasteiger partial charge in [0.15, 0.2) is 0 Å². The number of carbonyl (C=O) groups is 2. The van der Waals surface area contributed by atoms with E-state index in [0.717, 1.165) is 16.7 Å². The van der Waals surface area contributed by atoms with Crippen molar-refractivity contribution in [2.75, 3.05) is 13.2 Å². The summed E-state index contributed by atoms with van der Waals surface area (Å²) < 4.78 is 13.4. The molecule has 2 aromatic rings. The van der Waals surface area contributed by atoms with Gasteiger partial charge in [-0.3, -0.25) is 9.59 Å². The molecule has 1 heterocycles. The van der Waals surface area contributed by atoms with Crippen LogP contribution in [0.2, 0.25) is 0 Å². The second kappa shape index (κ2) is 7.88. The smallest absolute Gasteiger partial charge is 0.220 e. The summed E-state index contributed by atoms with van der Waals surface area (Å²) in [5, 5.41) is 12.5. The van der Waals surface area contributed by atoms with Crippen molar-refractivity contribution >= 4 is 11.8 Å². The molecule has 3 atom stereocenters. The highest BCUT2D eigenvalue weighted by atomic mass is 19.1. The molecule has 5 nitrogen and oxygen atoms in total. The monoisotopic (exact) mass is 370 g/mol. The third kappa shape index (κ3) is 3.85. The maximum atomic E-state index is 13.4. The molecule has 0 saturated carbocycles. The Kier molecular flexibility index (Phi) is 5.56. The highest BCUT2D eigenvalue weighted by Gasteiger charge is 2.49. The molecule has 0 bridgehead atoms. The predicted octanol–water partition coefficient (Wildman–Crippen LogP) is 2.30. The molecule has 1 aliphatic heterocycles. The molecule has 0 aromatic heterocycles. The van der Waals surface area contributed by atoms with Gasteiger partial charge in [0.1, 0.15) is 5.82 Å². The molecular weight excluding hydrogens is 347 g/mol. The van der Waals surface area contributed by atoms with E-state index in [1.807, 2.05) is 30.3 Å². The summed E-state index contributed by atoms with van der Waals surface area (Å²) in [4.78, 5) is 24.9. The van der Waals surface area contributed by atoms with Crippen LogP contribution in [-0.4, -0.2) is 47.1 Å². The molecule has 1 saturated heterocycles. The van der Waals surface area contributed by atoms with Gasteiger partial charge in [-0.15, -0.1) is 0 Å². The van der Waals surface area contributed by atoms with Crippen molar-refractivity contribution in [3.8, 4) is 11.1 Å². The Hall–Kier alpha value is -2.73. The minimum Gasteiger partial charge on any atom is -0.394 e. The van der Waals surface area contributed by atoms with Gasteiger partial charge < -0.3 is 15.3 Å². The van der Waals surface area contributed by atoms with Gasteiger partial charge in [-0.25, -0.2) is 4.39 Å². The average Bonchev–Trinajstić information content (AvgIpc) is 2.61.